The Bertz CT molecular complexity index is 681. The van der Waals surface area contributed by atoms with E-state index in [1.165, 1.54) is 6.20 Å². The molecule has 0 fully saturated rings. The van der Waals surface area contributed by atoms with Gasteiger partial charge >= 0.3 is 0 Å². The molecular weight excluding hydrogens is 246 g/mol. The first-order valence-electron chi connectivity index (χ1n) is 5.83. The van der Waals surface area contributed by atoms with Crippen LogP contribution in [0.25, 0.3) is 0 Å². The van der Waals surface area contributed by atoms with Gasteiger partial charge in [0.1, 0.15) is 11.6 Å². The highest BCUT2D eigenvalue weighted by Gasteiger charge is 2.21. The van der Waals surface area contributed by atoms with Gasteiger partial charge in [0.25, 0.3) is 5.56 Å². The Balaban J connectivity index is 1.96. The molecule has 5 N–H and O–H groups in total. The normalized spacial score (nSPS) is 14.2. The fraction of sp³-hybridized carbons (Fsp3) is 0.273. The molecule has 0 spiro atoms. The van der Waals surface area contributed by atoms with E-state index < -0.39 is 0 Å². The van der Waals surface area contributed by atoms with Crippen LogP contribution in [0.5, 0.6) is 0 Å². The summed E-state index contributed by atoms with van der Waals surface area (Å²) in [5.41, 5.74) is 12.4. The minimum atomic E-state index is -0.166. The second kappa shape index (κ2) is 4.23. The molecule has 0 aromatic carbocycles. The molecule has 0 saturated heterocycles. The maximum atomic E-state index is 11.7. The molecule has 8 nitrogen and oxygen atoms in total. The summed E-state index contributed by atoms with van der Waals surface area (Å²) >= 11 is 0. The van der Waals surface area contributed by atoms with Crippen molar-refractivity contribution in [3.05, 3.63) is 34.0 Å². The van der Waals surface area contributed by atoms with E-state index in [4.69, 9.17) is 11.5 Å². The predicted molar refractivity (Wildman–Crippen MR) is 70.5 cm³/mol. The molecule has 1 aliphatic rings. The Kier molecular flexibility index (Phi) is 2.55. The maximum Gasteiger partial charge on any atom is 0.255 e. The zero-order valence-corrected chi connectivity index (χ0v) is 10.1. The molecule has 1 aliphatic heterocycles. The number of fused-ring (bicyclic) bond motifs is 1. The molecule has 2 aromatic heterocycles. The molecule has 2 aromatic rings. The molecule has 0 aliphatic carbocycles. The summed E-state index contributed by atoms with van der Waals surface area (Å²) < 4.78 is 0. The lowest BCUT2D eigenvalue weighted by Crippen LogP contribution is -2.36. The molecule has 3 rings (SSSR count). The van der Waals surface area contributed by atoms with Crippen LogP contribution in [0.2, 0.25) is 0 Å². The number of rotatable bonds is 1. The van der Waals surface area contributed by atoms with Gasteiger partial charge in [0, 0.05) is 12.1 Å². The summed E-state index contributed by atoms with van der Waals surface area (Å²) in [4.78, 5) is 28.6. The third-order valence-electron chi connectivity index (χ3n) is 3.06. The number of H-pyrrole nitrogens is 1. The number of hydrogen-bond donors (Lipinski definition) is 3. The van der Waals surface area contributed by atoms with Crippen LogP contribution < -0.4 is 21.9 Å². The van der Waals surface area contributed by atoms with Crippen LogP contribution in [0.3, 0.4) is 0 Å². The smallest absolute Gasteiger partial charge is 0.255 e. The van der Waals surface area contributed by atoms with Crippen molar-refractivity contribution in [1.29, 1.82) is 0 Å². The summed E-state index contributed by atoms with van der Waals surface area (Å²) in [6, 6.07) is 0. The number of nitrogen functional groups attached to an aromatic ring is 2. The molecular formula is C11H13N7O. The summed E-state index contributed by atoms with van der Waals surface area (Å²) in [6.07, 6.45) is 3.72. The van der Waals surface area contributed by atoms with Crippen LogP contribution in [0, 0.1) is 0 Å². The van der Waals surface area contributed by atoms with Crippen molar-refractivity contribution < 1.29 is 0 Å². The number of nitrogens with two attached hydrogens (primary N) is 2. The maximum absolute atomic E-state index is 11.7. The highest BCUT2D eigenvalue weighted by molar-refractivity contribution is 5.44. The lowest BCUT2D eigenvalue weighted by atomic mass is 10.1. The lowest BCUT2D eigenvalue weighted by Gasteiger charge is -2.28. The highest BCUT2D eigenvalue weighted by atomic mass is 16.1. The van der Waals surface area contributed by atoms with Gasteiger partial charge in [0.2, 0.25) is 5.95 Å². The van der Waals surface area contributed by atoms with E-state index in [1.54, 1.807) is 6.20 Å². The minimum Gasteiger partial charge on any atom is -0.382 e. The summed E-state index contributed by atoms with van der Waals surface area (Å²) in [6.45, 7) is 1.14. The Hall–Kier alpha value is -2.64. The number of aromatic amines is 1. The van der Waals surface area contributed by atoms with E-state index in [-0.39, 0.29) is 11.5 Å². The largest absolute Gasteiger partial charge is 0.382 e. The number of anilines is 3. The topological polar surface area (TPSA) is 127 Å². The molecule has 0 atom stereocenters. The van der Waals surface area contributed by atoms with Crippen LogP contribution in [0.15, 0.2) is 17.2 Å². The monoisotopic (exact) mass is 259 g/mol. The van der Waals surface area contributed by atoms with Crippen molar-refractivity contribution in [2.45, 2.75) is 13.0 Å². The fourth-order valence-corrected chi connectivity index (χ4v) is 2.18. The van der Waals surface area contributed by atoms with E-state index in [0.29, 0.717) is 42.4 Å². The summed E-state index contributed by atoms with van der Waals surface area (Å²) in [5, 5.41) is 0. The molecule has 0 radical (unpaired) electrons. The lowest BCUT2D eigenvalue weighted by molar-refractivity contribution is 0.689. The number of nitrogens with zero attached hydrogens (tertiary/aromatic N) is 4. The third-order valence-corrected chi connectivity index (χ3v) is 3.06. The van der Waals surface area contributed by atoms with Gasteiger partial charge in [-0.25, -0.2) is 9.97 Å². The Morgan fingerprint density at radius 1 is 1.26 bits per heavy atom. The SMILES string of the molecule is Nc1cncc(N2CCc3c(nc(N)[nH]c3=O)C2)n1. The number of nitrogens with one attached hydrogen (secondary N) is 1. The second-order valence-corrected chi connectivity index (χ2v) is 4.35. The van der Waals surface area contributed by atoms with Gasteiger partial charge in [0.15, 0.2) is 0 Å². The van der Waals surface area contributed by atoms with Gasteiger partial charge < -0.3 is 16.4 Å². The fourth-order valence-electron chi connectivity index (χ4n) is 2.18. The molecule has 0 bridgehead atoms. The van der Waals surface area contributed by atoms with E-state index in [0.717, 1.165) is 0 Å². The van der Waals surface area contributed by atoms with Crippen molar-refractivity contribution in [3.8, 4) is 0 Å². The Morgan fingerprint density at radius 3 is 2.89 bits per heavy atom. The third kappa shape index (κ3) is 2.07. The van der Waals surface area contributed by atoms with Crippen molar-refractivity contribution in [3.63, 3.8) is 0 Å². The first-order valence-corrected chi connectivity index (χ1v) is 5.83. The molecule has 0 unspecified atom stereocenters. The second-order valence-electron chi connectivity index (χ2n) is 4.35. The van der Waals surface area contributed by atoms with Crippen LogP contribution in [0.4, 0.5) is 17.6 Å². The quantitative estimate of drug-likeness (QED) is 0.617. The van der Waals surface area contributed by atoms with Gasteiger partial charge in [-0.15, -0.1) is 0 Å². The molecule has 19 heavy (non-hydrogen) atoms. The minimum absolute atomic E-state index is 0.129. The molecule has 98 valence electrons. The van der Waals surface area contributed by atoms with Gasteiger partial charge in [-0.1, -0.05) is 0 Å². The van der Waals surface area contributed by atoms with Gasteiger partial charge in [0.05, 0.1) is 24.6 Å². The van der Waals surface area contributed by atoms with Crippen LogP contribution >= 0.6 is 0 Å². The average Bonchev–Trinajstić information content (AvgIpc) is 2.37. The van der Waals surface area contributed by atoms with Gasteiger partial charge in [-0.2, -0.15) is 0 Å². The summed E-state index contributed by atoms with van der Waals surface area (Å²) in [5.74, 6) is 1.16. The van der Waals surface area contributed by atoms with E-state index >= 15 is 0 Å². The number of hydrogen-bond acceptors (Lipinski definition) is 7. The first-order chi connectivity index (χ1) is 9.13. The van der Waals surface area contributed by atoms with Gasteiger partial charge in [-0.3, -0.25) is 14.8 Å². The van der Waals surface area contributed by atoms with Gasteiger partial charge in [-0.05, 0) is 6.42 Å². The molecule has 3 heterocycles. The molecule has 8 heteroatoms. The van der Waals surface area contributed by atoms with Crippen molar-refractivity contribution in [2.24, 2.45) is 0 Å². The van der Waals surface area contributed by atoms with Crippen molar-refractivity contribution in [1.82, 2.24) is 19.9 Å². The van der Waals surface area contributed by atoms with Crippen LogP contribution in [0.1, 0.15) is 11.3 Å². The average molecular weight is 259 g/mol. The van der Waals surface area contributed by atoms with Crippen molar-refractivity contribution >= 4 is 17.6 Å². The van der Waals surface area contributed by atoms with Crippen molar-refractivity contribution in [2.75, 3.05) is 22.9 Å². The molecule has 0 amide bonds. The summed E-state index contributed by atoms with van der Waals surface area (Å²) in [7, 11) is 0. The Labute approximate surface area is 108 Å². The van der Waals surface area contributed by atoms with Crippen LogP contribution in [-0.2, 0) is 13.0 Å². The standard InChI is InChI=1S/C11H13N7O/c12-8-3-14-4-9(16-8)18-2-1-6-7(5-18)15-11(13)17-10(6)19/h3-4H,1-2,5H2,(H2,12,16)(H3,13,15,17,19). The zero-order valence-electron chi connectivity index (χ0n) is 10.1. The number of aromatic nitrogens is 4. The van der Waals surface area contributed by atoms with Crippen LogP contribution in [-0.4, -0.2) is 26.5 Å². The predicted octanol–water partition coefficient (Wildman–Crippen LogP) is -0.713. The van der Waals surface area contributed by atoms with E-state index in [1.807, 2.05) is 4.90 Å². The first kappa shape index (κ1) is 11.5. The molecule has 0 saturated carbocycles. The van der Waals surface area contributed by atoms with E-state index in [9.17, 15) is 4.79 Å². The Morgan fingerprint density at radius 2 is 2.11 bits per heavy atom. The van der Waals surface area contributed by atoms with E-state index in [2.05, 4.69) is 19.9 Å². The zero-order chi connectivity index (χ0) is 13.4. The highest BCUT2D eigenvalue weighted by Crippen LogP contribution is 2.20.